The van der Waals surface area contributed by atoms with E-state index in [-0.39, 0.29) is 18.8 Å². The van der Waals surface area contributed by atoms with E-state index in [1.165, 1.54) is 0 Å². The molecule has 5 nitrogen and oxygen atoms in total. The average Bonchev–Trinajstić information content (AvgIpc) is 2.78. The lowest BCUT2D eigenvalue weighted by molar-refractivity contribution is -0.159. The van der Waals surface area contributed by atoms with Crippen LogP contribution in [0.2, 0.25) is 0 Å². The number of carbonyl (C=O) groups excluding carboxylic acids is 1. The Kier molecular flexibility index (Phi) is 11.7. The molecule has 1 N–H and O–H groups in total. The molecule has 188 valence electrons. The van der Waals surface area contributed by atoms with Gasteiger partial charge in [0.1, 0.15) is 4.75 Å². The fourth-order valence-corrected chi connectivity index (χ4v) is 6.03. The smallest absolute Gasteiger partial charge is 0.319 e. The normalized spacial score (nSPS) is 15.9. The number of esters is 1. The topological polar surface area (TPSA) is 68.0 Å². The van der Waals surface area contributed by atoms with Crippen molar-refractivity contribution >= 4 is 40.1 Å². The number of benzene rings is 1. The molecule has 0 amide bonds. The van der Waals surface area contributed by atoms with Crippen LogP contribution < -0.4 is 0 Å². The minimum Gasteiger partial charge on any atom is -0.480 e. The summed E-state index contributed by atoms with van der Waals surface area (Å²) in [5, 5.41) is 10.2. The molecule has 0 bridgehead atoms. The number of hydrogen-bond donors (Lipinski definition) is 1. The number of thioether (sulfide) groups is 1. The highest BCUT2D eigenvalue weighted by molar-refractivity contribution is 8.25. The second kappa shape index (κ2) is 13.3. The number of aliphatic carboxylic acids is 1. The quantitative estimate of drug-likeness (QED) is 0.164. The van der Waals surface area contributed by atoms with Crippen molar-refractivity contribution in [2.24, 2.45) is 11.3 Å². The van der Waals surface area contributed by atoms with Crippen molar-refractivity contribution in [1.82, 2.24) is 0 Å². The minimum absolute atomic E-state index is 0.00346. The van der Waals surface area contributed by atoms with Crippen LogP contribution in [0.25, 0.3) is 4.85 Å². The van der Waals surface area contributed by atoms with E-state index in [1.807, 2.05) is 30.3 Å². The molecule has 0 aliphatic carbocycles. The van der Waals surface area contributed by atoms with Crippen molar-refractivity contribution in [3.8, 4) is 0 Å². The maximum absolute atomic E-state index is 13.4. The second-order valence-electron chi connectivity index (χ2n) is 10.1. The highest BCUT2D eigenvalue weighted by Crippen LogP contribution is 2.45. The third kappa shape index (κ3) is 9.03. The molecule has 0 radical (unpaired) electrons. The first-order valence-electron chi connectivity index (χ1n) is 11.9. The van der Waals surface area contributed by atoms with Crippen LogP contribution in [-0.4, -0.2) is 38.1 Å². The van der Waals surface area contributed by atoms with Gasteiger partial charge in [-0.15, -0.1) is 0 Å². The van der Waals surface area contributed by atoms with Crippen molar-refractivity contribution in [2.75, 3.05) is 6.61 Å². The highest BCUT2D eigenvalue weighted by Gasteiger charge is 2.50. The van der Waals surface area contributed by atoms with E-state index in [9.17, 15) is 14.7 Å². The Morgan fingerprint density at radius 2 is 1.76 bits per heavy atom. The van der Waals surface area contributed by atoms with Crippen molar-refractivity contribution in [1.29, 1.82) is 0 Å². The largest absolute Gasteiger partial charge is 0.480 e. The molecule has 1 aromatic carbocycles. The van der Waals surface area contributed by atoms with Gasteiger partial charge in [-0.3, -0.25) is 9.59 Å². The monoisotopic (exact) mass is 505 g/mol. The van der Waals surface area contributed by atoms with Gasteiger partial charge in [-0.1, -0.05) is 87.4 Å². The molecule has 0 saturated carbocycles. The van der Waals surface area contributed by atoms with E-state index in [0.29, 0.717) is 10.8 Å². The molecule has 3 atom stereocenters. The first kappa shape index (κ1) is 30.1. The second-order valence-corrected chi connectivity index (χ2v) is 12.3. The Morgan fingerprint density at radius 1 is 1.15 bits per heavy atom. The molecule has 1 rings (SSSR count). The van der Waals surface area contributed by atoms with Gasteiger partial charge in [0.2, 0.25) is 5.54 Å². The van der Waals surface area contributed by atoms with Crippen LogP contribution in [0, 0.1) is 17.9 Å². The molecular weight excluding hydrogens is 466 g/mol. The molecule has 0 heterocycles. The zero-order valence-corrected chi connectivity index (χ0v) is 23.0. The summed E-state index contributed by atoms with van der Waals surface area (Å²) in [4.78, 5) is 29.6. The number of ether oxygens (including phenoxy) is 1. The lowest BCUT2D eigenvalue weighted by Gasteiger charge is -2.36. The molecule has 3 unspecified atom stereocenters. The Morgan fingerprint density at radius 3 is 2.26 bits per heavy atom. The maximum Gasteiger partial charge on any atom is 0.319 e. The Balaban J connectivity index is 3.21. The predicted molar refractivity (Wildman–Crippen MR) is 144 cm³/mol. The van der Waals surface area contributed by atoms with E-state index in [2.05, 4.69) is 18.7 Å². The zero-order valence-electron chi connectivity index (χ0n) is 21.3. The molecular formula is C27H39NO4S2. The molecule has 0 aliphatic rings. The van der Waals surface area contributed by atoms with Crippen molar-refractivity contribution < 1.29 is 19.4 Å². The summed E-state index contributed by atoms with van der Waals surface area (Å²) in [5.74, 6) is -1.23. The van der Waals surface area contributed by atoms with Crippen molar-refractivity contribution in [3.63, 3.8) is 0 Å². The molecule has 1 aromatic rings. The summed E-state index contributed by atoms with van der Waals surface area (Å²) in [7, 11) is 0. The Hall–Kier alpha value is -1.91. The molecule has 0 aromatic heterocycles. The number of nitrogens with zero attached hydrogens (tertiary/aromatic N) is 1. The van der Waals surface area contributed by atoms with Crippen molar-refractivity contribution in [2.45, 2.75) is 90.4 Å². The third-order valence-corrected chi connectivity index (χ3v) is 7.80. The van der Waals surface area contributed by atoms with Gasteiger partial charge in [0.25, 0.3) is 0 Å². The molecule has 0 fully saturated rings. The lowest BCUT2D eigenvalue weighted by Crippen LogP contribution is -2.45. The van der Waals surface area contributed by atoms with Gasteiger partial charge in [-0.2, -0.15) is 0 Å². The lowest BCUT2D eigenvalue weighted by atomic mass is 9.73. The molecule has 7 heteroatoms. The summed E-state index contributed by atoms with van der Waals surface area (Å²) in [6.45, 7) is 18.9. The van der Waals surface area contributed by atoms with Gasteiger partial charge in [0, 0.05) is 20.3 Å². The molecule has 0 spiro atoms. The van der Waals surface area contributed by atoms with Crippen LogP contribution in [0.5, 0.6) is 0 Å². The number of hydrogen-bond acceptors (Lipinski definition) is 5. The number of thiocarbonyl (C=S) groups is 1. The summed E-state index contributed by atoms with van der Waals surface area (Å²) in [6, 6.07) is 9.25. The predicted octanol–water partition coefficient (Wildman–Crippen LogP) is 7.18. The first-order chi connectivity index (χ1) is 15.8. The summed E-state index contributed by atoms with van der Waals surface area (Å²) in [5.41, 5.74) is -1.24. The fourth-order valence-electron chi connectivity index (χ4n) is 4.20. The minimum atomic E-state index is -1.37. The van der Waals surface area contributed by atoms with Gasteiger partial charge in [-0.05, 0) is 38.2 Å². The molecule has 34 heavy (non-hydrogen) atoms. The number of carboxylic acids is 1. The average molecular weight is 506 g/mol. The van der Waals surface area contributed by atoms with E-state index in [1.54, 1.807) is 27.7 Å². The Labute approximate surface area is 214 Å². The standard InChI is InChI=1S/C27H39NO4S2/c1-8-10-14-20(9-2)17-32-24(31)26(5,18-25(3,4)28-7)19-27(6,23(29)30)34-22(33)21-15-12-11-13-16-21/h11-13,15-16,20H,8-10,14,17-19H2,1-6H3,(H,29,30). The number of carbonyl (C=O) groups is 2. The zero-order chi connectivity index (χ0) is 26.0. The number of unbranched alkanes of at least 4 members (excludes halogenated alkanes) is 1. The summed E-state index contributed by atoms with van der Waals surface area (Å²) < 4.78 is 4.87. The summed E-state index contributed by atoms with van der Waals surface area (Å²) in [6.07, 6.45) is 4.23. The van der Waals surface area contributed by atoms with Crippen LogP contribution >= 0.6 is 24.0 Å². The van der Waals surface area contributed by atoms with Crippen molar-refractivity contribution in [3.05, 3.63) is 47.3 Å². The SMILES string of the molecule is [C-]#[N+]C(C)(C)CC(C)(CC(C)(SC(=S)c1ccccc1)C(=O)O)C(=O)OCC(CC)CCCC. The van der Waals surface area contributed by atoms with Gasteiger partial charge in [-0.25, -0.2) is 6.57 Å². The van der Waals surface area contributed by atoms with E-state index in [4.69, 9.17) is 23.5 Å². The van der Waals surface area contributed by atoms with Crippen LogP contribution in [0.3, 0.4) is 0 Å². The number of carboxylic acid groups (broad SMARTS) is 1. The summed E-state index contributed by atoms with van der Waals surface area (Å²) >= 11 is 6.62. The maximum atomic E-state index is 13.4. The highest BCUT2D eigenvalue weighted by atomic mass is 32.2. The van der Waals surface area contributed by atoms with Gasteiger partial charge in [0.05, 0.1) is 16.2 Å². The van der Waals surface area contributed by atoms with Gasteiger partial charge >= 0.3 is 11.9 Å². The molecule has 0 aliphatic heterocycles. The van der Waals surface area contributed by atoms with Gasteiger partial charge in [0.15, 0.2) is 0 Å². The van der Waals surface area contributed by atoms with Crippen LogP contribution in [0.1, 0.15) is 85.6 Å². The van der Waals surface area contributed by atoms with Crippen LogP contribution in [-0.2, 0) is 14.3 Å². The van der Waals surface area contributed by atoms with E-state index in [0.717, 1.165) is 43.0 Å². The number of rotatable bonds is 14. The molecule has 0 saturated heterocycles. The Bertz CT molecular complexity index is 880. The van der Waals surface area contributed by atoms with Gasteiger partial charge < -0.3 is 14.7 Å². The van der Waals surface area contributed by atoms with E-state index >= 15 is 0 Å². The fraction of sp³-hybridized carbons (Fsp3) is 0.630. The van der Waals surface area contributed by atoms with Crippen LogP contribution in [0.4, 0.5) is 0 Å². The van der Waals surface area contributed by atoms with Crippen LogP contribution in [0.15, 0.2) is 30.3 Å². The first-order valence-corrected chi connectivity index (χ1v) is 13.1. The van der Waals surface area contributed by atoms with E-state index < -0.39 is 27.6 Å². The third-order valence-electron chi connectivity index (χ3n) is 6.12.